The summed E-state index contributed by atoms with van der Waals surface area (Å²) in [6, 6.07) is 0. The first-order valence-corrected chi connectivity index (χ1v) is 4.50. The molecule has 0 atom stereocenters. The first kappa shape index (κ1) is 9.41. The Hall–Kier alpha value is 0.0623. The van der Waals surface area contributed by atoms with Gasteiger partial charge in [-0.2, -0.15) is 6.92 Å². The van der Waals surface area contributed by atoms with Crippen LogP contribution >= 0.6 is 0 Å². The molecule has 0 N–H and O–H groups in total. The van der Waals surface area contributed by atoms with E-state index in [1.165, 1.54) is 0 Å². The molecule has 0 radical (unpaired) electrons. The molecule has 0 fully saturated rings. The summed E-state index contributed by atoms with van der Waals surface area (Å²) in [4.78, 5) is 0. The summed E-state index contributed by atoms with van der Waals surface area (Å²) >= 11 is -4.21. The van der Waals surface area contributed by atoms with Gasteiger partial charge in [-0.05, 0) is 0 Å². The molecule has 0 aromatic rings. The summed E-state index contributed by atoms with van der Waals surface area (Å²) in [6.45, 7) is 5.00. The second kappa shape index (κ2) is 8.91. The van der Waals surface area contributed by atoms with E-state index in [0.717, 1.165) is 0 Å². The SMILES string of the molecule is [CH2-]C.[O]=[Re](=[O])=[O]. The number of hydrogen-bond donors (Lipinski definition) is 0. The molecule has 0 saturated carbocycles. The van der Waals surface area contributed by atoms with Crippen molar-refractivity contribution in [2.45, 2.75) is 6.92 Å². The second-order valence-corrected chi connectivity index (χ2v) is 1.55. The molecule has 0 spiro atoms. The van der Waals surface area contributed by atoms with E-state index in [0.29, 0.717) is 0 Å². The first-order chi connectivity index (χ1) is 2.73. The maximum absolute atomic E-state index is 8.60. The molecular weight excluding hydrogens is 258 g/mol. The Balaban J connectivity index is 0. The normalized spacial score (nSPS) is 5.00. The fourth-order valence-corrected chi connectivity index (χ4v) is 0. The molecule has 6 heavy (non-hydrogen) atoms. The summed E-state index contributed by atoms with van der Waals surface area (Å²) in [5.41, 5.74) is 0. The molecule has 39 valence electrons. The van der Waals surface area contributed by atoms with Crippen LogP contribution in [0.4, 0.5) is 0 Å². The molecule has 0 aromatic heterocycles. The molecule has 4 heteroatoms. The Morgan fingerprint density at radius 1 is 1.17 bits per heavy atom. The van der Waals surface area contributed by atoms with Gasteiger partial charge in [0, 0.05) is 0 Å². The summed E-state index contributed by atoms with van der Waals surface area (Å²) in [5, 5.41) is 0. The summed E-state index contributed by atoms with van der Waals surface area (Å²) < 4.78 is 25.8. The van der Waals surface area contributed by atoms with Crippen LogP contribution in [0.1, 0.15) is 6.92 Å². The van der Waals surface area contributed by atoms with E-state index in [4.69, 9.17) is 10.4 Å². The van der Waals surface area contributed by atoms with E-state index in [1.807, 2.05) is 0 Å². The van der Waals surface area contributed by atoms with Crippen LogP contribution in [0.5, 0.6) is 0 Å². The van der Waals surface area contributed by atoms with Gasteiger partial charge in [0.15, 0.2) is 0 Å². The molecule has 0 aliphatic heterocycles. The van der Waals surface area contributed by atoms with Crippen LogP contribution in [0.25, 0.3) is 0 Å². The Kier molecular flexibility index (Phi) is 14.0. The third kappa shape index (κ3) is 9800. The van der Waals surface area contributed by atoms with Crippen molar-refractivity contribution >= 4 is 0 Å². The van der Waals surface area contributed by atoms with Crippen molar-refractivity contribution in [1.82, 2.24) is 0 Å². The van der Waals surface area contributed by atoms with E-state index >= 15 is 0 Å². The summed E-state index contributed by atoms with van der Waals surface area (Å²) in [6.07, 6.45) is 0. The molecule has 0 rings (SSSR count). The van der Waals surface area contributed by atoms with Crippen LogP contribution in [-0.4, -0.2) is 0 Å². The first-order valence-electron chi connectivity index (χ1n) is 1.17. The van der Waals surface area contributed by atoms with Gasteiger partial charge in [0.2, 0.25) is 0 Å². The second-order valence-electron chi connectivity index (χ2n) is 0.189. The van der Waals surface area contributed by atoms with Gasteiger partial charge in [-0.1, -0.05) is 0 Å². The van der Waals surface area contributed by atoms with Crippen LogP contribution in [0, 0.1) is 6.92 Å². The molecule has 0 aliphatic rings. The van der Waals surface area contributed by atoms with Gasteiger partial charge in [-0.3, -0.25) is 0 Å². The van der Waals surface area contributed by atoms with Crippen molar-refractivity contribution in [1.29, 1.82) is 0 Å². The van der Waals surface area contributed by atoms with Crippen molar-refractivity contribution in [3.63, 3.8) is 0 Å². The van der Waals surface area contributed by atoms with Gasteiger partial charge >= 0.3 is 27.0 Å². The van der Waals surface area contributed by atoms with E-state index in [1.54, 1.807) is 6.92 Å². The van der Waals surface area contributed by atoms with Gasteiger partial charge in [0.05, 0.1) is 0 Å². The van der Waals surface area contributed by atoms with E-state index in [9.17, 15) is 0 Å². The van der Waals surface area contributed by atoms with Crippen molar-refractivity contribution < 1.29 is 27.0 Å². The fraction of sp³-hybridized carbons (Fsp3) is 0.500. The molecule has 0 heterocycles. The van der Waals surface area contributed by atoms with Gasteiger partial charge in [-0.25, -0.2) is 0 Å². The van der Waals surface area contributed by atoms with Crippen LogP contribution in [0.2, 0.25) is 0 Å². The molecule has 0 amide bonds. The van der Waals surface area contributed by atoms with Gasteiger partial charge in [0.25, 0.3) is 0 Å². The van der Waals surface area contributed by atoms with E-state index < -0.39 is 16.6 Å². The molecule has 0 saturated heterocycles. The average Bonchev–Trinajstić information content (AvgIpc) is 1.41. The Labute approximate surface area is 41.5 Å². The maximum atomic E-state index is 8.60. The summed E-state index contributed by atoms with van der Waals surface area (Å²) in [7, 11) is 0. The van der Waals surface area contributed by atoms with E-state index in [-0.39, 0.29) is 0 Å². The number of rotatable bonds is 0. The molecule has 0 bridgehead atoms. The molecular formula is C2H5O3Re-. The standard InChI is InChI=1S/C2H5.3O.Re/c1-2;;;;/h1H2,2H3;;;;/q-1;;;;. The minimum atomic E-state index is -4.21. The third-order valence-corrected chi connectivity index (χ3v) is 0. The zero-order chi connectivity index (χ0) is 5.58. The van der Waals surface area contributed by atoms with Crippen LogP contribution < -0.4 is 0 Å². The van der Waals surface area contributed by atoms with Crippen molar-refractivity contribution in [2.24, 2.45) is 0 Å². The van der Waals surface area contributed by atoms with Gasteiger partial charge < -0.3 is 6.92 Å². The Bertz CT molecular complexity index is 78.2. The quantitative estimate of drug-likeness (QED) is 0.597. The molecule has 3 nitrogen and oxygen atoms in total. The zero-order valence-corrected chi connectivity index (χ0v) is 6.03. The predicted molar refractivity (Wildman–Crippen MR) is 13.1 cm³/mol. The fourth-order valence-electron chi connectivity index (χ4n) is 0. The predicted octanol–water partition coefficient (Wildman–Crippen LogP) is 0.481. The molecule has 0 aliphatic carbocycles. The summed E-state index contributed by atoms with van der Waals surface area (Å²) in [5.74, 6) is 0. The third-order valence-electron chi connectivity index (χ3n) is 0. The van der Waals surface area contributed by atoms with Crippen molar-refractivity contribution in [3.8, 4) is 0 Å². The average molecular weight is 263 g/mol. The van der Waals surface area contributed by atoms with Gasteiger partial charge in [0.1, 0.15) is 0 Å². The van der Waals surface area contributed by atoms with Crippen molar-refractivity contribution in [3.05, 3.63) is 6.92 Å². The topological polar surface area (TPSA) is 51.2 Å². The van der Waals surface area contributed by atoms with Crippen LogP contribution in [0.15, 0.2) is 0 Å². The molecule has 0 unspecified atom stereocenters. The molecule has 0 aromatic carbocycles. The van der Waals surface area contributed by atoms with Crippen molar-refractivity contribution in [2.75, 3.05) is 0 Å². The Morgan fingerprint density at radius 3 is 1.17 bits per heavy atom. The monoisotopic (exact) mass is 264 g/mol. The Morgan fingerprint density at radius 2 is 1.17 bits per heavy atom. The van der Waals surface area contributed by atoms with E-state index in [2.05, 4.69) is 6.92 Å². The number of hydrogen-bond acceptors (Lipinski definition) is 3. The van der Waals surface area contributed by atoms with Gasteiger partial charge in [-0.15, -0.1) is 0 Å². The zero-order valence-electron chi connectivity index (χ0n) is 3.31. The van der Waals surface area contributed by atoms with Crippen LogP contribution in [0.3, 0.4) is 0 Å². The van der Waals surface area contributed by atoms with Crippen LogP contribution in [-0.2, 0) is 27.0 Å². The minimum absolute atomic E-state index is 1.75.